The van der Waals surface area contributed by atoms with Crippen LogP contribution < -0.4 is 5.73 Å². The highest BCUT2D eigenvalue weighted by Gasteiger charge is 2.25. The van der Waals surface area contributed by atoms with E-state index in [9.17, 15) is 0 Å². The van der Waals surface area contributed by atoms with Crippen LogP contribution >= 0.6 is 11.6 Å². The summed E-state index contributed by atoms with van der Waals surface area (Å²) in [4.78, 5) is 2.65. The molecule has 0 amide bonds. The molecule has 140 valence electrons. The molecule has 2 N–H and O–H groups in total. The molecule has 3 heteroatoms. The first kappa shape index (κ1) is 19.4. The van der Waals surface area contributed by atoms with Crippen molar-refractivity contribution >= 4 is 11.6 Å². The molecule has 26 heavy (non-hydrogen) atoms. The van der Waals surface area contributed by atoms with Crippen molar-refractivity contribution < 1.29 is 0 Å². The predicted octanol–water partition coefficient (Wildman–Crippen LogP) is 5.54. The van der Waals surface area contributed by atoms with E-state index in [0.29, 0.717) is 12.1 Å². The van der Waals surface area contributed by atoms with Gasteiger partial charge in [-0.15, -0.1) is 0 Å². The van der Waals surface area contributed by atoms with E-state index in [1.165, 1.54) is 40.7 Å². The van der Waals surface area contributed by atoms with Gasteiger partial charge in [-0.3, -0.25) is 4.90 Å². The fourth-order valence-electron chi connectivity index (χ4n) is 4.27. The summed E-state index contributed by atoms with van der Waals surface area (Å²) in [7, 11) is 0. The summed E-state index contributed by atoms with van der Waals surface area (Å²) in [6.07, 6.45) is 4.65. The molecule has 0 aliphatic heterocycles. The van der Waals surface area contributed by atoms with Crippen LogP contribution in [0.4, 0.5) is 0 Å². The molecular formula is C23H31ClN2. The molecule has 1 aliphatic rings. The molecule has 1 fully saturated rings. The van der Waals surface area contributed by atoms with Crippen molar-refractivity contribution in [3.8, 4) is 0 Å². The summed E-state index contributed by atoms with van der Waals surface area (Å²) in [5.41, 5.74) is 13.1. The van der Waals surface area contributed by atoms with Gasteiger partial charge in [0.2, 0.25) is 0 Å². The van der Waals surface area contributed by atoms with Gasteiger partial charge in [-0.1, -0.05) is 41.4 Å². The first-order chi connectivity index (χ1) is 12.4. The van der Waals surface area contributed by atoms with E-state index < -0.39 is 0 Å². The third-order valence-corrected chi connectivity index (χ3v) is 6.01. The van der Waals surface area contributed by atoms with Crippen LogP contribution in [0.3, 0.4) is 0 Å². The van der Waals surface area contributed by atoms with Gasteiger partial charge in [-0.25, -0.2) is 0 Å². The molecule has 0 saturated heterocycles. The van der Waals surface area contributed by atoms with E-state index in [4.69, 9.17) is 17.3 Å². The summed E-state index contributed by atoms with van der Waals surface area (Å²) >= 11 is 6.07. The highest BCUT2D eigenvalue weighted by atomic mass is 35.5. The van der Waals surface area contributed by atoms with Gasteiger partial charge >= 0.3 is 0 Å². The minimum absolute atomic E-state index is 0.381. The first-order valence-electron chi connectivity index (χ1n) is 9.73. The van der Waals surface area contributed by atoms with Gasteiger partial charge < -0.3 is 5.73 Å². The lowest BCUT2D eigenvalue weighted by atomic mass is 9.89. The summed E-state index contributed by atoms with van der Waals surface area (Å²) in [6.45, 7) is 8.63. The molecular weight excluding hydrogens is 340 g/mol. The Labute approximate surface area is 163 Å². The normalized spacial score (nSPS) is 20.5. The number of benzene rings is 2. The van der Waals surface area contributed by atoms with Crippen molar-refractivity contribution in [2.45, 2.75) is 71.6 Å². The van der Waals surface area contributed by atoms with Crippen LogP contribution in [0.15, 0.2) is 36.4 Å². The number of hydrogen-bond acceptors (Lipinski definition) is 2. The van der Waals surface area contributed by atoms with Crippen molar-refractivity contribution in [2.24, 2.45) is 5.73 Å². The van der Waals surface area contributed by atoms with Crippen LogP contribution in [0.1, 0.15) is 53.5 Å². The molecule has 0 atom stereocenters. The Morgan fingerprint density at radius 2 is 1.50 bits per heavy atom. The summed E-state index contributed by atoms with van der Waals surface area (Å²) < 4.78 is 0. The molecule has 0 spiro atoms. The van der Waals surface area contributed by atoms with E-state index in [1.54, 1.807) is 0 Å². The Hall–Kier alpha value is -1.35. The zero-order valence-electron chi connectivity index (χ0n) is 16.3. The fraction of sp³-hybridized carbons (Fsp3) is 0.478. The molecule has 2 nitrogen and oxygen atoms in total. The minimum Gasteiger partial charge on any atom is -0.328 e. The lowest BCUT2D eigenvalue weighted by Crippen LogP contribution is -2.40. The minimum atomic E-state index is 0.381. The van der Waals surface area contributed by atoms with Crippen molar-refractivity contribution in [1.29, 1.82) is 0 Å². The standard InChI is InChI=1S/C23H31ClN2/c1-16-12-17(2)23(18(3)13-16)15-26(22-10-8-21(25)9-11-22)14-19-4-6-20(24)7-5-19/h4-7,12-13,21-22H,8-11,14-15,25H2,1-3H3. The van der Waals surface area contributed by atoms with Gasteiger partial charge in [-0.2, -0.15) is 0 Å². The fourth-order valence-corrected chi connectivity index (χ4v) is 4.39. The SMILES string of the molecule is Cc1cc(C)c(CN(Cc2ccc(Cl)cc2)C2CCC(N)CC2)c(C)c1. The maximum Gasteiger partial charge on any atom is 0.0406 e. The zero-order chi connectivity index (χ0) is 18.7. The lowest BCUT2D eigenvalue weighted by molar-refractivity contribution is 0.133. The Morgan fingerprint density at radius 3 is 2.08 bits per heavy atom. The van der Waals surface area contributed by atoms with Crippen molar-refractivity contribution in [3.05, 3.63) is 69.2 Å². The average molecular weight is 371 g/mol. The van der Waals surface area contributed by atoms with Crippen LogP contribution in [-0.4, -0.2) is 17.0 Å². The smallest absolute Gasteiger partial charge is 0.0406 e. The molecule has 0 bridgehead atoms. The van der Waals surface area contributed by atoms with Gasteiger partial charge in [0.15, 0.2) is 0 Å². The first-order valence-corrected chi connectivity index (χ1v) is 10.1. The maximum atomic E-state index is 6.15. The van der Waals surface area contributed by atoms with Crippen LogP contribution in [0, 0.1) is 20.8 Å². The number of aryl methyl sites for hydroxylation is 3. The van der Waals surface area contributed by atoms with Gasteiger partial charge in [0, 0.05) is 30.2 Å². The monoisotopic (exact) mass is 370 g/mol. The van der Waals surface area contributed by atoms with Crippen LogP contribution in [0.2, 0.25) is 5.02 Å². The van der Waals surface area contributed by atoms with Crippen LogP contribution in [0.25, 0.3) is 0 Å². The third-order valence-electron chi connectivity index (χ3n) is 5.76. The molecule has 0 radical (unpaired) electrons. The molecule has 0 aromatic heterocycles. The summed E-state index contributed by atoms with van der Waals surface area (Å²) in [6, 6.07) is 13.9. The number of hydrogen-bond donors (Lipinski definition) is 1. The molecule has 0 heterocycles. The van der Waals surface area contributed by atoms with E-state index >= 15 is 0 Å². The Balaban J connectivity index is 1.84. The number of nitrogens with two attached hydrogens (primary N) is 1. The lowest BCUT2D eigenvalue weighted by Gasteiger charge is -2.37. The zero-order valence-corrected chi connectivity index (χ0v) is 17.0. The van der Waals surface area contributed by atoms with Gasteiger partial charge in [0.25, 0.3) is 0 Å². The van der Waals surface area contributed by atoms with Gasteiger partial charge in [0.05, 0.1) is 0 Å². The largest absolute Gasteiger partial charge is 0.328 e. The quantitative estimate of drug-likeness (QED) is 0.748. The number of nitrogens with zero attached hydrogens (tertiary/aromatic N) is 1. The Bertz CT molecular complexity index is 707. The third kappa shape index (κ3) is 4.88. The van der Waals surface area contributed by atoms with Crippen LogP contribution in [-0.2, 0) is 13.1 Å². The Morgan fingerprint density at radius 1 is 0.923 bits per heavy atom. The predicted molar refractivity (Wildman–Crippen MR) is 112 cm³/mol. The van der Waals surface area contributed by atoms with Crippen LogP contribution in [0.5, 0.6) is 0 Å². The molecule has 0 unspecified atom stereocenters. The maximum absolute atomic E-state index is 6.15. The number of rotatable bonds is 5. The number of halogens is 1. The van der Waals surface area contributed by atoms with Crippen molar-refractivity contribution in [2.75, 3.05) is 0 Å². The van der Waals surface area contributed by atoms with Gasteiger partial charge in [-0.05, 0) is 80.8 Å². The topological polar surface area (TPSA) is 29.3 Å². The van der Waals surface area contributed by atoms with E-state index in [2.05, 4.69) is 49.9 Å². The second-order valence-corrected chi connectivity index (χ2v) is 8.41. The molecule has 2 aromatic carbocycles. The van der Waals surface area contributed by atoms with E-state index in [0.717, 1.165) is 31.0 Å². The molecule has 3 rings (SSSR count). The molecule has 2 aromatic rings. The van der Waals surface area contributed by atoms with Crippen molar-refractivity contribution in [3.63, 3.8) is 0 Å². The molecule has 1 saturated carbocycles. The summed E-state index contributed by atoms with van der Waals surface area (Å²) in [5, 5.41) is 0.800. The second kappa shape index (κ2) is 8.56. The highest BCUT2D eigenvalue weighted by molar-refractivity contribution is 6.30. The Kier molecular flexibility index (Phi) is 6.39. The van der Waals surface area contributed by atoms with Gasteiger partial charge in [0.1, 0.15) is 0 Å². The second-order valence-electron chi connectivity index (χ2n) is 7.98. The van der Waals surface area contributed by atoms with E-state index in [-0.39, 0.29) is 0 Å². The average Bonchev–Trinajstić information content (AvgIpc) is 2.59. The highest BCUT2D eigenvalue weighted by Crippen LogP contribution is 2.28. The van der Waals surface area contributed by atoms with E-state index in [1.807, 2.05) is 12.1 Å². The summed E-state index contributed by atoms with van der Waals surface area (Å²) in [5.74, 6) is 0. The van der Waals surface area contributed by atoms with Crippen molar-refractivity contribution in [1.82, 2.24) is 4.90 Å². The molecule has 1 aliphatic carbocycles.